The van der Waals surface area contributed by atoms with E-state index in [9.17, 15) is 5.11 Å². The largest absolute Gasteiger partial charge is 0.506 e. The van der Waals surface area contributed by atoms with Crippen molar-refractivity contribution in [3.05, 3.63) is 66.6 Å². The number of hydrogen-bond donors (Lipinski definition) is 2. The molecule has 0 aliphatic carbocycles. The summed E-state index contributed by atoms with van der Waals surface area (Å²) in [5.41, 5.74) is 5.28. The molecule has 2 N–H and O–H groups in total. The van der Waals surface area contributed by atoms with Crippen LogP contribution >= 0.6 is 0 Å². The van der Waals surface area contributed by atoms with Gasteiger partial charge < -0.3 is 24.1 Å². The number of nitrogens with zero attached hydrogens (tertiary/aromatic N) is 4. The minimum Gasteiger partial charge on any atom is -0.506 e. The molecule has 0 amide bonds. The van der Waals surface area contributed by atoms with Crippen molar-refractivity contribution in [2.45, 2.75) is 25.7 Å². The second-order valence-corrected chi connectivity index (χ2v) is 7.46. The second-order valence-electron chi connectivity index (χ2n) is 7.46. The number of benzene rings is 1. The van der Waals surface area contributed by atoms with Gasteiger partial charge in [0.05, 0.1) is 29.1 Å². The zero-order valence-corrected chi connectivity index (χ0v) is 16.2. The lowest BCUT2D eigenvalue weighted by molar-refractivity contribution is 0.0846. The van der Waals surface area contributed by atoms with Crippen LogP contribution in [0.2, 0.25) is 0 Å². The number of rotatable bonds is 4. The lowest BCUT2D eigenvalue weighted by Gasteiger charge is -2.19. The second kappa shape index (κ2) is 7.25. The summed E-state index contributed by atoms with van der Waals surface area (Å²) in [6.45, 7) is 3.51. The molecule has 7 heteroatoms. The molecule has 1 aromatic carbocycles. The first-order chi connectivity index (χ1) is 14.2. The molecular formula is C22H23N5O2. The van der Waals surface area contributed by atoms with E-state index < -0.39 is 0 Å². The number of pyridine rings is 1. The van der Waals surface area contributed by atoms with E-state index in [4.69, 9.17) is 9.72 Å². The molecule has 4 aromatic rings. The van der Waals surface area contributed by atoms with Crippen LogP contribution in [-0.4, -0.2) is 37.3 Å². The van der Waals surface area contributed by atoms with Gasteiger partial charge in [-0.05, 0) is 44.0 Å². The fourth-order valence-electron chi connectivity index (χ4n) is 3.85. The molecule has 1 aliphatic rings. The molecule has 5 rings (SSSR count). The number of nitrogens with one attached hydrogen (secondary N) is 1. The van der Waals surface area contributed by atoms with E-state index in [-0.39, 0.29) is 5.75 Å². The molecule has 1 aliphatic heterocycles. The topological polar surface area (TPSA) is 76.6 Å². The smallest absolute Gasteiger partial charge is 0.160 e. The van der Waals surface area contributed by atoms with Crippen LogP contribution in [0, 0.1) is 6.92 Å². The van der Waals surface area contributed by atoms with Gasteiger partial charge in [0.2, 0.25) is 0 Å². The number of phenols is 1. The number of phenolic OH excluding ortho intramolecular Hbond substituents is 1. The minimum atomic E-state index is 0.186. The van der Waals surface area contributed by atoms with Crippen molar-refractivity contribution in [1.29, 1.82) is 0 Å². The van der Waals surface area contributed by atoms with E-state index in [2.05, 4.69) is 20.9 Å². The van der Waals surface area contributed by atoms with Gasteiger partial charge in [0.1, 0.15) is 5.75 Å². The van der Waals surface area contributed by atoms with Crippen molar-refractivity contribution >= 4 is 17.0 Å². The molecule has 0 spiro atoms. The number of ether oxygens (including phenoxy) is 1. The van der Waals surface area contributed by atoms with Crippen molar-refractivity contribution in [3.63, 3.8) is 0 Å². The van der Waals surface area contributed by atoms with Gasteiger partial charge in [0.25, 0.3) is 0 Å². The van der Waals surface area contributed by atoms with Gasteiger partial charge in [-0.3, -0.25) is 0 Å². The quantitative estimate of drug-likeness (QED) is 0.548. The van der Waals surface area contributed by atoms with Crippen molar-refractivity contribution in [2.24, 2.45) is 0 Å². The predicted octanol–water partition coefficient (Wildman–Crippen LogP) is 4.17. The number of fused-ring (bicyclic) bond motifs is 1. The highest BCUT2D eigenvalue weighted by Gasteiger charge is 2.19. The predicted molar refractivity (Wildman–Crippen MR) is 111 cm³/mol. The summed E-state index contributed by atoms with van der Waals surface area (Å²) < 4.78 is 9.34. The Morgan fingerprint density at radius 1 is 1.17 bits per heavy atom. The monoisotopic (exact) mass is 389 g/mol. The Balaban J connectivity index is 1.44. The van der Waals surface area contributed by atoms with E-state index in [1.807, 2.05) is 48.1 Å². The van der Waals surface area contributed by atoms with Crippen LogP contribution in [0.4, 0.5) is 11.4 Å². The minimum absolute atomic E-state index is 0.186. The molecule has 0 bridgehead atoms. The molecule has 4 heterocycles. The van der Waals surface area contributed by atoms with Gasteiger partial charge in [-0.15, -0.1) is 0 Å². The molecule has 148 valence electrons. The Kier molecular flexibility index (Phi) is 4.44. The fourth-order valence-corrected chi connectivity index (χ4v) is 3.85. The maximum Gasteiger partial charge on any atom is 0.160 e. The molecule has 3 aromatic heterocycles. The first-order valence-electron chi connectivity index (χ1n) is 9.84. The highest BCUT2D eigenvalue weighted by Crippen LogP contribution is 2.31. The van der Waals surface area contributed by atoms with Gasteiger partial charge in [-0.2, -0.15) is 0 Å². The summed E-state index contributed by atoms with van der Waals surface area (Å²) >= 11 is 0. The number of aromatic hydroxyl groups is 1. The maximum absolute atomic E-state index is 10.5. The number of imidazole rings is 2. The van der Waals surface area contributed by atoms with Crippen LogP contribution in [0.3, 0.4) is 0 Å². The van der Waals surface area contributed by atoms with E-state index in [1.165, 1.54) is 0 Å². The first-order valence-corrected chi connectivity index (χ1v) is 9.84. The molecule has 29 heavy (non-hydrogen) atoms. The third-order valence-electron chi connectivity index (χ3n) is 5.39. The zero-order valence-electron chi connectivity index (χ0n) is 16.2. The molecule has 7 nitrogen and oxygen atoms in total. The van der Waals surface area contributed by atoms with Crippen LogP contribution in [0.15, 0.2) is 55.2 Å². The Labute approximate surface area is 168 Å². The van der Waals surface area contributed by atoms with Crippen molar-refractivity contribution < 1.29 is 9.84 Å². The molecule has 0 atom stereocenters. The standard InChI is InChI=1S/C22H23N5O2/c1-15-12-27(14-23-15)20-5-4-17(11-21(20)28)24-18-3-2-8-26-13-19(25-22(18)26)16-6-9-29-10-7-16/h2-5,8,11-14,16,24,28H,6-7,9-10H2,1H3. The highest BCUT2D eigenvalue weighted by molar-refractivity contribution is 5.75. The summed E-state index contributed by atoms with van der Waals surface area (Å²) in [5.74, 6) is 0.629. The van der Waals surface area contributed by atoms with Gasteiger partial charge in [-0.25, -0.2) is 9.97 Å². The summed E-state index contributed by atoms with van der Waals surface area (Å²) in [5, 5.41) is 13.9. The Bertz CT molecular complexity index is 1160. The number of hydrogen-bond acceptors (Lipinski definition) is 5. The lowest BCUT2D eigenvalue weighted by atomic mass is 9.97. The third-order valence-corrected chi connectivity index (χ3v) is 5.39. The summed E-state index contributed by atoms with van der Waals surface area (Å²) in [4.78, 5) is 9.11. The van der Waals surface area contributed by atoms with Crippen LogP contribution in [0.5, 0.6) is 5.75 Å². The van der Waals surface area contributed by atoms with E-state index in [0.29, 0.717) is 11.6 Å². The average molecular weight is 389 g/mol. The Morgan fingerprint density at radius 3 is 2.79 bits per heavy atom. The number of aromatic nitrogens is 4. The zero-order chi connectivity index (χ0) is 19.8. The maximum atomic E-state index is 10.5. The molecule has 0 saturated carbocycles. The molecule has 1 saturated heterocycles. The molecular weight excluding hydrogens is 366 g/mol. The number of aryl methyl sites for hydroxylation is 1. The van der Waals surface area contributed by atoms with Crippen molar-refractivity contribution in [1.82, 2.24) is 18.9 Å². The van der Waals surface area contributed by atoms with Gasteiger partial charge in [-0.1, -0.05) is 0 Å². The SMILES string of the molecule is Cc1cn(-c2ccc(Nc3cccn4cc(C5CCOCC5)nc34)cc2O)cn1. The number of anilines is 2. The Hall–Kier alpha value is -3.32. The third kappa shape index (κ3) is 3.45. The van der Waals surface area contributed by atoms with E-state index in [0.717, 1.165) is 54.5 Å². The van der Waals surface area contributed by atoms with Gasteiger partial charge in [0, 0.05) is 49.5 Å². The summed E-state index contributed by atoms with van der Waals surface area (Å²) in [7, 11) is 0. The average Bonchev–Trinajstić information content (AvgIpc) is 3.36. The van der Waals surface area contributed by atoms with Crippen LogP contribution in [0.25, 0.3) is 11.3 Å². The normalized spacial score (nSPS) is 15.1. The van der Waals surface area contributed by atoms with Crippen LogP contribution in [-0.2, 0) is 4.74 Å². The van der Waals surface area contributed by atoms with Gasteiger partial charge in [0.15, 0.2) is 5.65 Å². The first kappa shape index (κ1) is 17.8. The van der Waals surface area contributed by atoms with E-state index >= 15 is 0 Å². The lowest BCUT2D eigenvalue weighted by Crippen LogP contribution is -2.14. The Morgan fingerprint density at radius 2 is 2.03 bits per heavy atom. The van der Waals surface area contributed by atoms with Gasteiger partial charge >= 0.3 is 0 Å². The molecule has 1 fully saturated rings. The van der Waals surface area contributed by atoms with Crippen LogP contribution < -0.4 is 5.32 Å². The van der Waals surface area contributed by atoms with Crippen LogP contribution in [0.1, 0.15) is 30.1 Å². The molecule has 0 unspecified atom stereocenters. The fraction of sp³-hybridized carbons (Fsp3) is 0.273. The van der Waals surface area contributed by atoms with E-state index in [1.54, 1.807) is 12.4 Å². The van der Waals surface area contributed by atoms with Crippen molar-refractivity contribution in [3.8, 4) is 11.4 Å². The van der Waals surface area contributed by atoms with Crippen molar-refractivity contribution in [2.75, 3.05) is 18.5 Å². The summed E-state index contributed by atoms with van der Waals surface area (Å²) in [6.07, 6.45) is 9.72. The molecule has 0 radical (unpaired) electrons. The summed E-state index contributed by atoms with van der Waals surface area (Å²) in [6, 6.07) is 9.53. The highest BCUT2D eigenvalue weighted by atomic mass is 16.5.